The number of hydrogen-bond donors (Lipinski definition) is 1. The Hall–Kier alpha value is -2.10. The van der Waals surface area contributed by atoms with Crippen molar-refractivity contribution in [2.75, 3.05) is 24.9 Å². The quantitative estimate of drug-likeness (QED) is 0.663. The summed E-state index contributed by atoms with van der Waals surface area (Å²) >= 11 is 0. The molecule has 0 aromatic heterocycles. The first-order valence-corrected chi connectivity index (χ1v) is 13.3. The van der Waals surface area contributed by atoms with Crippen LogP contribution in [0.4, 0.5) is 5.69 Å². The van der Waals surface area contributed by atoms with Gasteiger partial charge in [-0.3, -0.25) is 4.72 Å². The number of nitrogens with zero attached hydrogens (tertiary/aromatic N) is 1. The molecule has 1 N–H and O–H groups in total. The Morgan fingerprint density at radius 1 is 0.968 bits per heavy atom. The molecule has 1 heterocycles. The average Bonchev–Trinajstić information content (AvgIpc) is 2.73. The molecule has 2 aromatic rings. The lowest BCUT2D eigenvalue weighted by Gasteiger charge is -2.25. The highest BCUT2D eigenvalue weighted by molar-refractivity contribution is 7.92. The summed E-state index contributed by atoms with van der Waals surface area (Å²) in [5.74, 6) is 0.738. The SMILES string of the molecule is COc1cc(C)c(S(=O)(=O)Nc2ccc(S(=O)(=O)N3CCCCC3)cc2)cc1C(C)C. The molecule has 0 bridgehead atoms. The zero-order valence-corrected chi connectivity index (χ0v) is 20.0. The van der Waals surface area contributed by atoms with E-state index in [1.807, 2.05) is 13.8 Å². The Kier molecular flexibility index (Phi) is 6.98. The molecular weight excluding hydrogens is 436 g/mol. The molecule has 3 rings (SSSR count). The Morgan fingerprint density at radius 2 is 1.58 bits per heavy atom. The molecule has 170 valence electrons. The smallest absolute Gasteiger partial charge is 0.262 e. The summed E-state index contributed by atoms with van der Waals surface area (Å²) in [6.45, 7) is 6.70. The summed E-state index contributed by atoms with van der Waals surface area (Å²) in [6.07, 6.45) is 2.75. The molecule has 0 radical (unpaired) electrons. The number of sulfonamides is 2. The van der Waals surface area contributed by atoms with Crippen LogP contribution < -0.4 is 9.46 Å². The number of methoxy groups -OCH3 is 1. The summed E-state index contributed by atoms with van der Waals surface area (Å²) in [4.78, 5) is 0.335. The molecule has 0 atom stereocenters. The Bertz CT molecular complexity index is 1140. The number of ether oxygens (including phenoxy) is 1. The van der Waals surface area contributed by atoms with E-state index < -0.39 is 20.0 Å². The highest BCUT2D eigenvalue weighted by Gasteiger charge is 2.26. The van der Waals surface area contributed by atoms with Gasteiger partial charge in [-0.1, -0.05) is 20.3 Å². The summed E-state index contributed by atoms with van der Waals surface area (Å²) in [5.41, 5.74) is 1.67. The third kappa shape index (κ3) is 5.05. The second kappa shape index (κ2) is 9.18. The van der Waals surface area contributed by atoms with Crippen LogP contribution in [-0.4, -0.2) is 41.3 Å². The summed E-state index contributed by atoms with van der Waals surface area (Å²) in [7, 11) is -5.86. The Balaban J connectivity index is 1.86. The minimum Gasteiger partial charge on any atom is -0.496 e. The third-order valence-corrected chi connectivity index (χ3v) is 8.93. The van der Waals surface area contributed by atoms with Gasteiger partial charge < -0.3 is 4.74 Å². The Labute approximate surface area is 185 Å². The molecule has 0 saturated carbocycles. The zero-order valence-electron chi connectivity index (χ0n) is 18.4. The van der Waals surface area contributed by atoms with E-state index >= 15 is 0 Å². The van der Waals surface area contributed by atoms with E-state index in [1.54, 1.807) is 26.2 Å². The monoisotopic (exact) mass is 466 g/mol. The minimum absolute atomic E-state index is 0.0868. The van der Waals surface area contributed by atoms with E-state index in [1.165, 1.54) is 28.6 Å². The molecule has 0 spiro atoms. The van der Waals surface area contributed by atoms with Crippen molar-refractivity contribution >= 4 is 25.7 Å². The molecular formula is C22H30N2O5S2. The number of piperidine rings is 1. The van der Waals surface area contributed by atoms with Crippen LogP contribution in [0, 0.1) is 6.92 Å². The van der Waals surface area contributed by atoms with E-state index in [0.717, 1.165) is 24.8 Å². The van der Waals surface area contributed by atoms with Crippen molar-refractivity contribution < 1.29 is 21.6 Å². The van der Waals surface area contributed by atoms with Crippen molar-refractivity contribution in [3.8, 4) is 5.75 Å². The molecule has 31 heavy (non-hydrogen) atoms. The van der Waals surface area contributed by atoms with Gasteiger partial charge in [-0.15, -0.1) is 0 Å². The minimum atomic E-state index is -3.86. The molecule has 0 aliphatic carbocycles. The molecule has 1 aliphatic rings. The van der Waals surface area contributed by atoms with Crippen LogP contribution in [0.15, 0.2) is 46.2 Å². The highest BCUT2D eigenvalue weighted by Crippen LogP contribution is 2.32. The van der Waals surface area contributed by atoms with Gasteiger partial charge in [0.25, 0.3) is 10.0 Å². The Morgan fingerprint density at radius 3 is 2.13 bits per heavy atom. The number of aryl methyl sites for hydroxylation is 1. The average molecular weight is 467 g/mol. The maximum atomic E-state index is 13.0. The predicted octanol–water partition coefficient (Wildman–Crippen LogP) is 4.10. The second-order valence-corrected chi connectivity index (χ2v) is 11.7. The maximum absolute atomic E-state index is 13.0. The number of rotatable bonds is 7. The summed E-state index contributed by atoms with van der Waals surface area (Å²) in [6, 6.07) is 9.21. The van der Waals surface area contributed by atoms with Gasteiger partial charge in [0.05, 0.1) is 16.9 Å². The van der Waals surface area contributed by atoms with Gasteiger partial charge >= 0.3 is 0 Å². The van der Waals surface area contributed by atoms with E-state index in [-0.39, 0.29) is 15.7 Å². The van der Waals surface area contributed by atoms with Gasteiger partial charge in [-0.05, 0) is 73.2 Å². The van der Waals surface area contributed by atoms with E-state index in [2.05, 4.69) is 4.72 Å². The van der Waals surface area contributed by atoms with Crippen molar-refractivity contribution in [3.05, 3.63) is 47.5 Å². The number of benzene rings is 2. The number of anilines is 1. The number of hydrogen-bond acceptors (Lipinski definition) is 5. The first-order valence-electron chi connectivity index (χ1n) is 10.4. The van der Waals surface area contributed by atoms with E-state index in [0.29, 0.717) is 30.1 Å². The van der Waals surface area contributed by atoms with Gasteiger partial charge in [0.1, 0.15) is 5.75 Å². The maximum Gasteiger partial charge on any atom is 0.262 e. The first kappa shape index (κ1) is 23.6. The lowest BCUT2D eigenvalue weighted by Crippen LogP contribution is -2.35. The molecule has 1 saturated heterocycles. The van der Waals surface area contributed by atoms with Crippen molar-refractivity contribution in [1.29, 1.82) is 0 Å². The topological polar surface area (TPSA) is 92.8 Å². The van der Waals surface area contributed by atoms with Gasteiger partial charge in [-0.2, -0.15) is 4.31 Å². The third-order valence-electron chi connectivity index (χ3n) is 5.50. The molecule has 1 aliphatic heterocycles. The molecule has 0 amide bonds. The fourth-order valence-electron chi connectivity index (χ4n) is 3.75. The zero-order chi connectivity index (χ0) is 22.8. The highest BCUT2D eigenvalue weighted by atomic mass is 32.2. The van der Waals surface area contributed by atoms with Crippen LogP contribution in [0.3, 0.4) is 0 Å². The number of nitrogens with one attached hydrogen (secondary N) is 1. The summed E-state index contributed by atoms with van der Waals surface area (Å²) < 4.78 is 61.1. The van der Waals surface area contributed by atoms with Gasteiger partial charge in [0, 0.05) is 18.8 Å². The molecule has 2 aromatic carbocycles. The molecule has 7 nitrogen and oxygen atoms in total. The van der Waals surface area contributed by atoms with Crippen molar-refractivity contribution in [2.24, 2.45) is 0 Å². The van der Waals surface area contributed by atoms with Crippen molar-refractivity contribution in [1.82, 2.24) is 4.31 Å². The van der Waals surface area contributed by atoms with Gasteiger partial charge in [0.2, 0.25) is 10.0 Å². The second-order valence-electron chi connectivity index (χ2n) is 8.11. The van der Waals surface area contributed by atoms with Gasteiger partial charge in [-0.25, -0.2) is 16.8 Å². The van der Waals surface area contributed by atoms with Gasteiger partial charge in [0.15, 0.2) is 0 Å². The first-order chi connectivity index (χ1) is 14.6. The van der Waals surface area contributed by atoms with Crippen molar-refractivity contribution in [2.45, 2.75) is 55.7 Å². The van der Waals surface area contributed by atoms with Crippen LogP contribution in [-0.2, 0) is 20.0 Å². The van der Waals surface area contributed by atoms with Crippen LogP contribution in [0.1, 0.15) is 50.2 Å². The van der Waals surface area contributed by atoms with Crippen LogP contribution >= 0.6 is 0 Å². The van der Waals surface area contributed by atoms with Crippen LogP contribution in [0.5, 0.6) is 5.75 Å². The summed E-state index contributed by atoms with van der Waals surface area (Å²) in [5, 5.41) is 0. The van der Waals surface area contributed by atoms with E-state index in [9.17, 15) is 16.8 Å². The normalized spacial score (nSPS) is 15.8. The van der Waals surface area contributed by atoms with E-state index in [4.69, 9.17) is 4.74 Å². The van der Waals surface area contributed by atoms with Crippen molar-refractivity contribution in [3.63, 3.8) is 0 Å². The predicted molar refractivity (Wildman–Crippen MR) is 122 cm³/mol. The lowest BCUT2D eigenvalue weighted by atomic mass is 10.0. The fourth-order valence-corrected chi connectivity index (χ4v) is 6.59. The fraction of sp³-hybridized carbons (Fsp3) is 0.455. The standard InChI is InChI=1S/C22H30N2O5S2/c1-16(2)20-15-22(17(3)14-21(20)29-4)30(25,26)23-18-8-10-19(11-9-18)31(27,28)24-12-6-5-7-13-24/h8-11,14-16,23H,5-7,12-13H2,1-4H3. The largest absolute Gasteiger partial charge is 0.496 e. The lowest BCUT2D eigenvalue weighted by molar-refractivity contribution is 0.346. The molecule has 0 unspecified atom stereocenters. The molecule has 1 fully saturated rings. The van der Waals surface area contributed by atoms with Crippen LogP contribution in [0.25, 0.3) is 0 Å². The molecule has 9 heteroatoms. The van der Waals surface area contributed by atoms with Crippen LogP contribution in [0.2, 0.25) is 0 Å².